The summed E-state index contributed by atoms with van der Waals surface area (Å²) in [5.41, 5.74) is 0.707. The number of hydrogen-bond donors (Lipinski definition) is 1. The molecule has 0 aliphatic carbocycles. The van der Waals surface area contributed by atoms with Crippen LogP contribution >= 0.6 is 0 Å². The quantitative estimate of drug-likeness (QED) is 0.564. The molecule has 0 fully saturated rings. The summed E-state index contributed by atoms with van der Waals surface area (Å²) in [6.45, 7) is 3.86. The third kappa shape index (κ3) is 5.13. The van der Waals surface area contributed by atoms with Crippen LogP contribution in [0, 0.1) is 0 Å². The first-order valence-electron chi connectivity index (χ1n) is 7.89. The topological polar surface area (TPSA) is 86.2 Å². The monoisotopic (exact) mass is 378 g/mol. The van der Waals surface area contributed by atoms with Crippen LogP contribution in [-0.4, -0.2) is 35.0 Å². The minimum absolute atomic E-state index is 0.0178. The molecule has 0 unspecified atom stereocenters. The normalized spacial score (nSPS) is 11.6. The van der Waals surface area contributed by atoms with Crippen LogP contribution in [0.2, 0.25) is 0 Å². The Morgan fingerprint density at radius 2 is 1.77 bits per heavy atom. The lowest BCUT2D eigenvalue weighted by atomic mass is 10.2. The molecule has 0 aliphatic rings. The van der Waals surface area contributed by atoms with E-state index in [1.807, 2.05) is 26.0 Å². The Bertz CT molecular complexity index is 879. The Labute approximate surface area is 153 Å². The molecule has 0 radical (unpaired) electrons. The smallest absolute Gasteiger partial charge is 0.276 e. The molecule has 2 rings (SSSR count). The molecule has 7 nitrogen and oxygen atoms in total. The largest absolute Gasteiger partial charge is 0.493 e. The predicted octanol–water partition coefficient (Wildman–Crippen LogP) is 2.80. The average Bonchev–Trinajstić information content (AvgIpc) is 2.60. The van der Waals surface area contributed by atoms with Gasteiger partial charge in [0.1, 0.15) is 5.75 Å². The van der Waals surface area contributed by atoms with Gasteiger partial charge in [-0.15, -0.1) is 0 Å². The summed E-state index contributed by atoms with van der Waals surface area (Å²) in [5, 5.41) is 3.82. The van der Waals surface area contributed by atoms with Gasteiger partial charge in [-0.1, -0.05) is 12.1 Å². The summed E-state index contributed by atoms with van der Waals surface area (Å²) >= 11 is 0. The summed E-state index contributed by atoms with van der Waals surface area (Å²) in [4.78, 5) is 2.20. The zero-order valence-electron chi connectivity index (χ0n) is 15.1. The lowest BCUT2D eigenvalue weighted by Gasteiger charge is -2.10. The van der Waals surface area contributed by atoms with Gasteiger partial charge in [0.25, 0.3) is 10.0 Å². The molecule has 0 amide bonds. The number of nitrogens with zero attached hydrogens (tertiary/aromatic N) is 1. The van der Waals surface area contributed by atoms with Gasteiger partial charge in [-0.05, 0) is 43.7 Å². The third-order valence-corrected chi connectivity index (χ3v) is 4.50. The van der Waals surface area contributed by atoms with Gasteiger partial charge in [-0.2, -0.15) is 13.5 Å². The number of ether oxygens (including phenoxy) is 3. The van der Waals surface area contributed by atoms with Crippen LogP contribution in [0.5, 0.6) is 17.2 Å². The molecule has 26 heavy (non-hydrogen) atoms. The third-order valence-electron chi connectivity index (χ3n) is 3.28. The maximum absolute atomic E-state index is 12.4. The van der Waals surface area contributed by atoms with Crippen LogP contribution in [0.1, 0.15) is 19.4 Å². The summed E-state index contributed by atoms with van der Waals surface area (Å²) < 4.78 is 40.5. The molecule has 0 bridgehead atoms. The second-order valence-electron chi connectivity index (χ2n) is 5.61. The van der Waals surface area contributed by atoms with E-state index in [0.29, 0.717) is 22.8 Å². The van der Waals surface area contributed by atoms with E-state index in [4.69, 9.17) is 14.2 Å². The molecule has 2 aromatic carbocycles. The van der Waals surface area contributed by atoms with Crippen molar-refractivity contribution in [2.45, 2.75) is 24.8 Å². The van der Waals surface area contributed by atoms with Gasteiger partial charge in [-0.3, -0.25) is 0 Å². The fourth-order valence-corrected chi connectivity index (χ4v) is 2.95. The Kier molecular flexibility index (Phi) is 6.46. The van der Waals surface area contributed by atoms with E-state index in [1.165, 1.54) is 38.6 Å². The van der Waals surface area contributed by atoms with Crippen LogP contribution in [0.15, 0.2) is 52.5 Å². The molecular formula is C18H22N2O5S. The predicted molar refractivity (Wildman–Crippen MR) is 99.7 cm³/mol. The number of methoxy groups -OCH3 is 2. The second-order valence-corrected chi connectivity index (χ2v) is 7.27. The highest BCUT2D eigenvalue weighted by Gasteiger charge is 2.16. The van der Waals surface area contributed by atoms with Gasteiger partial charge in [0.15, 0.2) is 11.5 Å². The van der Waals surface area contributed by atoms with Crippen molar-refractivity contribution >= 4 is 16.2 Å². The van der Waals surface area contributed by atoms with Gasteiger partial charge >= 0.3 is 0 Å². The van der Waals surface area contributed by atoms with Crippen LogP contribution < -0.4 is 19.0 Å². The molecule has 0 aromatic heterocycles. The van der Waals surface area contributed by atoms with E-state index in [9.17, 15) is 8.42 Å². The summed E-state index contributed by atoms with van der Waals surface area (Å²) in [6.07, 6.45) is 1.46. The summed E-state index contributed by atoms with van der Waals surface area (Å²) in [6, 6.07) is 11.5. The van der Waals surface area contributed by atoms with Gasteiger partial charge in [0.2, 0.25) is 0 Å². The first-order chi connectivity index (χ1) is 12.4. The average molecular weight is 378 g/mol. The number of rotatable bonds is 8. The Morgan fingerprint density at radius 3 is 2.42 bits per heavy atom. The van der Waals surface area contributed by atoms with E-state index in [-0.39, 0.29) is 11.0 Å². The Morgan fingerprint density at radius 1 is 1.04 bits per heavy atom. The molecule has 0 saturated heterocycles. The van der Waals surface area contributed by atoms with Crippen molar-refractivity contribution in [1.82, 2.24) is 4.83 Å². The standard InChI is InChI=1S/C18H22N2O5S/c1-13(2)25-15-7-5-6-14(10-15)12-19-20-26(21,22)16-8-9-17(23-3)18(11-16)24-4/h5-13,20H,1-4H3/b19-12+. The first-order valence-corrected chi connectivity index (χ1v) is 9.37. The van der Waals surface area contributed by atoms with Crippen molar-refractivity contribution in [1.29, 1.82) is 0 Å². The molecule has 1 N–H and O–H groups in total. The van der Waals surface area contributed by atoms with Crippen LogP contribution in [0.25, 0.3) is 0 Å². The molecular weight excluding hydrogens is 356 g/mol. The number of sulfonamides is 1. The second kappa shape index (κ2) is 8.57. The van der Waals surface area contributed by atoms with Gasteiger partial charge in [-0.25, -0.2) is 4.83 Å². The fraction of sp³-hybridized carbons (Fsp3) is 0.278. The zero-order valence-corrected chi connectivity index (χ0v) is 15.9. The molecule has 8 heteroatoms. The molecule has 0 saturated carbocycles. The molecule has 2 aromatic rings. The van der Waals surface area contributed by atoms with Crippen molar-refractivity contribution in [2.75, 3.05) is 14.2 Å². The van der Waals surface area contributed by atoms with Crippen molar-refractivity contribution in [2.24, 2.45) is 5.10 Å². The van der Waals surface area contributed by atoms with E-state index in [0.717, 1.165) is 0 Å². The fourth-order valence-electron chi connectivity index (χ4n) is 2.15. The maximum Gasteiger partial charge on any atom is 0.276 e. The highest BCUT2D eigenvalue weighted by Crippen LogP contribution is 2.29. The number of hydrazone groups is 1. The highest BCUT2D eigenvalue weighted by atomic mass is 32.2. The van der Waals surface area contributed by atoms with E-state index >= 15 is 0 Å². The molecule has 0 spiro atoms. The SMILES string of the molecule is COc1ccc(S(=O)(=O)N/N=C/c2cccc(OC(C)C)c2)cc1OC. The van der Waals surface area contributed by atoms with E-state index in [2.05, 4.69) is 9.93 Å². The van der Waals surface area contributed by atoms with E-state index in [1.54, 1.807) is 12.1 Å². The lowest BCUT2D eigenvalue weighted by Crippen LogP contribution is -2.18. The zero-order chi connectivity index (χ0) is 19.2. The summed E-state index contributed by atoms with van der Waals surface area (Å²) in [7, 11) is -0.917. The van der Waals surface area contributed by atoms with Crippen molar-refractivity contribution < 1.29 is 22.6 Å². The molecule has 140 valence electrons. The van der Waals surface area contributed by atoms with Crippen LogP contribution in [-0.2, 0) is 10.0 Å². The number of hydrogen-bond acceptors (Lipinski definition) is 6. The maximum atomic E-state index is 12.4. The van der Waals surface area contributed by atoms with Crippen LogP contribution in [0.4, 0.5) is 0 Å². The minimum atomic E-state index is -3.83. The van der Waals surface area contributed by atoms with Crippen LogP contribution in [0.3, 0.4) is 0 Å². The van der Waals surface area contributed by atoms with Crippen molar-refractivity contribution in [3.63, 3.8) is 0 Å². The van der Waals surface area contributed by atoms with Crippen molar-refractivity contribution in [3.05, 3.63) is 48.0 Å². The Balaban J connectivity index is 2.14. The molecule has 0 aliphatic heterocycles. The highest BCUT2D eigenvalue weighted by molar-refractivity contribution is 7.89. The number of nitrogens with one attached hydrogen (secondary N) is 1. The van der Waals surface area contributed by atoms with Gasteiger partial charge < -0.3 is 14.2 Å². The molecule has 0 atom stereocenters. The summed E-state index contributed by atoms with van der Waals surface area (Å²) in [5.74, 6) is 1.45. The Hall–Kier alpha value is -2.74. The first kappa shape index (κ1) is 19.6. The lowest BCUT2D eigenvalue weighted by molar-refractivity contribution is 0.242. The van der Waals surface area contributed by atoms with Crippen molar-refractivity contribution in [3.8, 4) is 17.2 Å². The minimum Gasteiger partial charge on any atom is -0.493 e. The van der Waals surface area contributed by atoms with E-state index < -0.39 is 10.0 Å². The van der Waals surface area contributed by atoms with Gasteiger partial charge in [0.05, 0.1) is 31.4 Å². The van der Waals surface area contributed by atoms with Gasteiger partial charge in [0, 0.05) is 6.07 Å². The molecule has 0 heterocycles. The number of benzene rings is 2.